The second-order valence-electron chi connectivity index (χ2n) is 6.22. The van der Waals surface area contributed by atoms with Gasteiger partial charge in [0.1, 0.15) is 23.7 Å². The van der Waals surface area contributed by atoms with Crippen molar-refractivity contribution in [1.29, 1.82) is 0 Å². The highest BCUT2D eigenvalue weighted by Gasteiger charge is 2.05. The summed E-state index contributed by atoms with van der Waals surface area (Å²) >= 11 is 0. The Morgan fingerprint density at radius 2 is 1.92 bits per heavy atom. The Balaban J connectivity index is 0.000000158. The molecule has 10 heteroatoms. The molecule has 4 N–H and O–H groups in total. The Morgan fingerprint density at radius 1 is 1.12 bits per heavy atom. The standard InChI is InChI=1S/C10H15N5.C6H7N5/c1-7(2)3-4-11-9-8-10(13-5-12-8)15-6-14-9;1-11-3-10-4-5(7)8-2-9-6(4)11/h5-7H,3-4H2,1-2H3,(H2,11,12,13,14,15);2-3H,1H3,(H2,7,8,9). The minimum Gasteiger partial charge on any atom is -0.382 e. The van der Waals surface area contributed by atoms with E-state index in [1.807, 2.05) is 7.05 Å². The molecule has 0 aliphatic carbocycles. The molecule has 0 aliphatic rings. The van der Waals surface area contributed by atoms with Crippen LogP contribution in [0, 0.1) is 5.92 Å². The van der Waals surface area contributed by atoms with Crippen LogP contribution in [-0.2, 0) is 7.05 Å². The zero-order valence-corrected chi connectivity index (χ0v) is 15.0. The zero-order valence-electron chi connectivity index (χ0n) is 15.0. The summed E-state index contributed by atoms with van der Waals surface area (Å²) in [7, 11) is 1.86. The number of nitrogens with one attached hydrogen (secondary N) is 2. The van der Waals surface area contributed by atoms with Gasteiger partial charge < -0.3 is 20.6 Å². The number of hydrogen-bond donors (Lipinski definition) is 3. The van der Waals surface area contributed by atoms with Crippen LogP contribution < -0.4 is 11.1 Å². The third-order valence-electron chi connectivity index (χ3n) is 3.76. The number of H-pyrrole nitrogens is 1. The van der Waals surface area contributed by atoms with Gasteiger partial charge in [-0.3, -0.25) is 0 Å². The van der Waals surface area contributed by atoms with Crippen LogP contribution in [0.2, 0.25) is 0 Å². The van der Waals surface area contributed by atoms with Gasteiger partial charge in [0.25, 0.3) is 0 Å². The molecule has 0 unspecified atom stereocenters. The van der Waals surface area contributed by atoms with Crippen LogP contribution in [0.25, 0.3) is 22.3 Å². The Hall–Kier alpha value is -3.30. The van der Waals surface area contributed by atoms with Gasteiger partial charge in [0.05, 0.1) is 12.7 Å². The summed E-state index contributed by atoms with van der Waals surface area (Å²) in [6, 6.07) is 0. The number of nitrogens with two attached hydrogens (primary N) is 1. The molecule has 0 saturated carbocycles. The van der Waals surface area contributed by atoms with Crippen LogP contribution in [0.15, 0.2) is 25.3 Å². The number of fused-ring (bicyclic) bond motifs is 2. The van der Waals surface area contributed by atoms with Gasteiger partial charge in [-0.1, -0.05) is 13.8 Å². The molecule has 4 aromatic heterocycles. The summed E-state index contributed by atoms with van der Waals surface area (Å²) in [5, 5.41) is 3.28. The van der Waals surface area contributed by atoms with Gasteiger partial charge in [0.15, 0.2) is 22.9 Å². The van der Waals surface area contributed by atoms with Gasteiger partial charge in [0, 0.05) is 13.6 Å². The van der Waals surface area contributed by atoms with E-state index in [1.54, 1.807) is 17.2 Å². The van der Waals surface area contributed by atoms with E-state index in [1.165, 1.54) is 12.7 Å². The second kappa shape index (κ2) is 7.72. The monoisotopic (exact) mass is 354 g/mol. The van der Waals surface area contributed by atoms with Crippen LogP contribution in [0.5, 0.6) is 0 Å². The highest BCUT2D eigenvalue weighted by Crippen LogP contribution is 2.14. The number of nitrogens with zero attached hydrogens (tertiary/aromatic N) is 7. The van der Waals surface area contributed by atoms with Gasteiger partial charge in [0.2, 0.25) is 0 Å². The molecule has 26 heavy (non-hydrogen) atoms. The fraction of sp³-hybridized carbons (Fsp3) is 0.375. The fourth-order valence-electron chi connectivity index (χ4n) is 2.34. The third-order valence-corrected chi connectivity index (χ3v) is 3.76. The molecule has 0 fully saturated rings. The fourth-order valence-corrected chi connectivity index (χ4v) is 2.34. The number of rotatable bonds is 4. The Morgan fingerprint density at radius 3 is 2.69 bits per heavy atom. The summed E-state index contributed by atoms with van der Waals surface area (Å²) in [5.41, 5.74) is 8.55. The zero-order chi connectivity index (χ0) is 18.5. The lowest BCUT2D eigenvalue weighted by molar-refractivity contribution is 0.607. The normalized spacial score (nSPS) is 10.9. The number of aromatic amines is 1. The SMILES string of the molecule is CC(C)CCNc1ncnc2nc[nH]c12.Cn1cnc2c(N)ncnc21. The van der Waals surface area contributed by atoms with E-state index < -0.39 is 0 Å². The lowest BCUT2D eigenvalue weighted by Gasteiger charge is -2.07. The molecule has 0 atom stereocenters. The van der Waals surface area contributed by atoms with E-state index >= 15 is 0 Å². The maximum Gasteiger partial charge on any atom is 0.182 e. The molecule has 4 rings (SSSR count). The third kappa shape index (κ3) is 3.85. The van der Waals surface area contributed by atoms with Crippen LogP contribution in [0.3, 0.4) is 0 Å². The first-order chi connectivity index (χ1) is 12.6. The van der Waals surface area contributed by atoms with E-state index in [4.69, 9.17) is 5.73 Å². The maximum absolute atomic E-state index is 5.54. The highest BCUT2D eigenvalue weighted by molar-refractivity contribution is 5.82. The van der Waals surface area contributed by atoms with Crippen LogP contribution in [0.4, 0.5) is 11.6 Å². The number of anilines is 2. The first-order valence-electron chi connectivity index (χ1n) is 8.31. The Labute approximate surface area is 150 Å². The van der Waals surface area contributed by atoms with E-state index in [-0.39, 0.29) is 0 Å². The lowest BCUT2D eigenvalue weighted by atomic mass is 10.1. The summed E-state index contributed by atoms with van der Waals surface area (Å²) in [5.74, 6) is 1.95. The molecule has 4 aromatic rings. The van der Waals surface area contributed by atoms with Crippen molar-refractivity contribution in [2.75, 3.05) is 17.6 Å². The molecule has 0 aromatic carbocycles. The molecular formula is C16H22N10. The van der Waals surface area contributed by atoms with Gasteiger partial charge >= 0.3 is 0 Å². The van der Waals surface area contributed by atoms with Crippen LogP contribution >= 0.6 is 0 Å². The van der Waals surface area contributed by atoms with Crippen molar-refractivity contribution in [1.82, 2.24) is 39.5 Å². The van der Waals surface area contributed by atoms with Gasteiger partial charge in [-0.25, -0.2) is 29.9 Å². The van der Waals surface area contributed by atoms with E-state index in [2.05, 4.69) is 54.1 Å². The smallest absolute Gasteiger partial charge is 0.182 e. The summed E-state index contributed by atoms with van der Waals surface area (Å²) in [4.78, 5) is 27.2. The van der Waals surface area contributed by atoms with Gasteiger partial charge in [-0.15, -0.1) is 0 Å². The molecule has 0 spiro atoms. The maximum atomic E-state index is 5.54. The molecule has 0 radical (unpaired) electrons. The molecule has 0 bridgehead atoms. The largest absolute Gasteiger partial charge is 0.382 e. The molecule has 136 valence electrons. The molecule has 0 aliphatic heterocycles. The average Bonchev–Trinajstić information content (AvgIpc) is 3.24. The average molecular weight is 354 g/mol. The molecular weight excluding hydrogens is 332 g/mol. The first kappa shape index (κ1) is 17.5. The van der Waals surface area contributed by atoms with Crippen molar-refractivity contribution in [3.63, 3.8) is 0 Å². The van der Waals surface area contributed by atoms with Crippen LogP contribution in [-0.4, -0.2) is 46.0 Å². The van der Waals surface area contributed by atoms with Gasteiger partial charge in [-0.2, -0.15) is 0 Å². The van der Waals surface area contributed by atoms with Crippen molar-refractivity contribution in [3.05, 3.63) is 25.3 Å². The predicted molar refractivity (Wildman–Crippen MR) is 100 cm³/mol. The number of aryl methyl sites for hydroxylation is 1. The number of aromatic nitrogens is 8. The van der Waals surface area contributed by atoms with Crippen molar-refractivity contribution in [2.24, 2.45) is 13.0 Å². The molecule has 0 saturated heterocycles. The Bertz CT molecular complexity index is 987. The van der Waals surface area contributed by atoms with Crippen molar-refractivity contribution in [2.45, 2.75) is 20.3 Å². The molecule has 4 heterocycles. The molecule has 0 amide bonds. The second-order valence-corrected chi connectivity index (χ2v) is 6.22. The molecule has 10 nitrogen and oxygen atoms in total. The summed E-state index contributed by atoms with van der Waals surface area (Å²) < 4.78 is 1.80. The topological polar surface area (TPSA) is 136 Å². The van der Waals surface area contributed by atoms with Crippen molar-refractivity contribution < 1.29 is 0 Å². The van der Waals surface area contributed by atoms with Gasteiger partial charge in [-0.05, 0) is 12.3 Å². The van der Waals surface area contributed by atoms with E-state index in [9.17, 15) is 0 Å². The van der Waals surface area contributed by atoms with Crippen LogP contribution in [0.1, 0.15) is 20.3 Å². The lowest BCUT2D eigenvalue weighted by Crippen LogP contribution is -2.06. The van der Waals surface area contributed by atoms with Crippen molar-refractivity contribution >= 4 is 34.0 Å². The predicted octanol–water partition coefficient (Wildman–Crippen LogP) is 1.76. The minimum atomic E-state index is 0.426. The van der Waals surface area contributed by atoms with E-state index in [0.29, 0.717) is 22.9 Å². The number of nitrogen functional groups attached to an aromatic ring is 1. The summed E-state index contributed by atoms with van der Waals surface area (Å²) in [6.07, 6.45) is 7.38. The van der Waals surface area contributed by atoms with Crippen molar-refractivity contribution in [3.8, 4) is 0 Å². The number of imidazole rings is 2. The quantitative estimate of drug-likeness (QED) is 0.504. The Kier molecular flexibility index (Phi) is 5.20. The van der Waals surface area contributed by atoms with E-state index in [0.717, 1.165) is 29.9 Å². The summed E-state index contributed by atoms with van der Waals surface area (Å²) in [6.45, 7) is 5.32. The number of hydrogen-bond acceptors (Lipinski definition) is 8. The minimum absolute atomic E-state index is 0.426. The highest BCUT2D eigenvalue weighted by atomic mass is 15.1. The first-order valence-corrected chi connectivity index (χ1v) is 8.31.